The van der Waals surface area contributed by atoms with Crippen LogP contribution in [0.2, 0.25) is 0 Å². The van der Waals surface area contributed by atoms with E-state index in [0.29, 0.717) is 0 Å². The highest BCUT2D eigenvalue weighted by Gasteiger charge is 2.01. The van der Waals surface area contributed by atoms with Crippen molar-refractivity contribution in [2.45, 2.75) is 0 Å². The lowest BCUT2D eigenvalue weighted by atomic mass is 10.1. The molecule has 0 heterocycles. The maximum atomic E-state index is 5.14. The van der Waals surface area contributed by atoms with Crippen LogP contribution in [0.1, 0.15) is 11.1 Å². The maximum absolute atomic E-state index is 5.14. The van der Waals surface area contributed by atoms with Crippen molar-refractivity contribution in [2.24, 2.45) is 0 Å². The summed E-state index contributed by atoms with van der Waals surface area (Å²) in [6.07, 6.45) is 2.09. The molecule has 0 aliphatic heterocycles. The Balaban J connectivity index is 2.30. The van der Waals surface area contributed by atoms with Crippen molar-refractivity contribution in [2.75, 3.05) is 7.11 Å². The van der Waals surface area contributed by atoms with Gasteiger partial charge < -0.3 is 4.74 Å². The van der Waals surface area contributed by atoms with Gasteiger partial charge in [0.1, 0.15) is 5.75 Å². The largest absolute Gasteiger partial charge is 0.497 e. The Bertz CT molecular complexity index is 559. The van der Waals surface area contributed by atoms with Crippen LogP contribution in [0.15, 0.2) is 53.0 Å². The Kier molecular flexibility index (Phi) is 4.61. The normalized spacial score (nSPS) is 11.4. The summed E-state index contributed by atoms with van der Waals surface area (Å²) < 4.78 is 7.26. The summed E-state index contributed by atoms with van der Waals surface area (Å²) in [7, 11) is 1.67. The maximum Gasteiger partial charge on any atom is 0.118 e. The van der Waals surface area contributed by atoms with Gasteiger partial charge in [0.25, 0.3) is 0 Å². The first-order chi connectivity index (χ1) is 8.70. The van der Waals surface area contributed by atoms with E-state index >= 15 is 0 Å². The van der Waals surface area contributed by atoms with Gasteiger partial charge >= 0.3 is 0 Å². The first-order valence-electron chi connectivity index (χ1n) is 5.47. The van der Waals surface area contributed by atoms with Crippen molar-refractivity contribution in [1.29, 1.82) is 0 Å². The molecule has 0 saturated heterocycles. The molecule has 2 aromatic carbocycles. The molecule has 2 aromatic rings. The predicted octanol–water partition coefficient (Wildman–Crippen LogP) is 5.35. The van der Waals surface area contributed by atoms with Crippen LogP contribution in [0.5, 0.6) is 5.75 Å². The Morgan fingerprint density at radius 2 is 1.72 bits per heavy atom. The van der Waals surface area contributed by atoms with Gasteiger partial charge in [-0.3, -0.25) is 0 Å². The third-order valence-electron chi connectivity index (χ3n) is 2.55. The number of benzene rings is 2. The fraction of sp³-hybridized carbons (Fsp3) is 0.0667. The lowest BCUT2D eigenvalue weighted by Gasteiger charge is -2.04. The molecule has 0 spiro atoms. The molecule has 0 N–H and O–H groups in total. The molecule has 3 heteroatoms. The van der Waals surface area contributed by atoms with Crippen molar-refractivity contribution < 1.29 is 4.74 Å². The topological polar surface area (TPSA) is 9.23 Å². The molecule has 0 unspecified atom stereocenters. The summed E-state index contributed by atoms with van der Waals surface area (Å²) in [6.45, 7) is 0. The number of ether oxygens (including phenoxy) is 1. The molecule has 0 amide bonds. The zero-order valence-electron chi connectivity index (χ0n) is 9.86. The zero-order chi connectivity index (χ0) is 13.0. The third kappa shape index (κ3) is 3.24. The van der Waals surface area contributed by atoms with Gasteiger partial charge in [0, 0.05) is 8.96 Å². The van der Waals surface area contributed by atoms with Gasteiger partial charge in [0.05, 0.1) is 7.11 Å². The highest BCUT2D eigenvalue weighted by molar-refractivity contribution is 9.15. The van der Waals surface area contributed by atoms with Crippen LogP contribution in [-0.2, 0) is 0 Å². The van der Waals surface area contributed by atoms with Gasteiger partial charge in [-0.15, -0.1) is 0 Å². The third-order valence-corrected chi connectivity index (χ3v) is 3.96. The lowest BCUT2D eigenvalue weighted by molar-refractivity contribution is 0.415. The van der Waals surface area contributed by atoms with Crippen molar-refractivity contribution in [3.63, 3.8) is 0 Å². The van der Waals surface area contributed by atoms with E-state index in [2.05, 4.69) is 44.0 Å². The predicted molar refractivity (Wildman–Crippen MR) is 83.9 cm³/mol. The minimum Gasteiger partial charge on any atom is -0.497 e. The van der Waals surface area contributed by atoms with Crippen LogP contribution >= 0.6 is 31.9 Å². The Morgan fingerprint density at radius 1 is 1.06 bits per heavy atom. The van der Waals surface area contributed by atoms with Gasteiger partial charge in [-0.2, -0.15) is 0 Å². The number of methoxy groups -OCH3 is 1. The van der Waals surface area contributed by atoms with E-state index in [1.807, 2.05) is 42.5 Å². The van der Waals surface area contributed by atoms with E-state index in [9.17, 15) is 0 Å². The molecular weight excluding hydrogens is 356 g/mol. The summed E-state index contributed by atoms with van der Waals surface area (Å²) in [5.74, 6) is 0.861. The molecule has 0 aromatic heterocycles. The van der Waals surface area contributed by atoms with Gasteiger partial charge in [-0.1, -0.05) is 62.2 Å². The first-order valence-corrected chi connectivity index (χ1v) is 7.05. The van der Waals surface area contributed by atoms with Gasteiger partial charge in [-0.25, -0.2) is 0 Å². The van der Waals surface area contributed by atoms with E-state index in [-0.39, 0.29) is 0 Å². The molecule has 0 radical (unpaired) electrons. The minimum absolute atomic E-state index is 0.861. The molecule has 0 fully saturated rings. The van der Waals surface area contributed by atoms with Gasteiger partial charge in [0.2, 0.25) is 0 Å². The van der Waals surface area contributed by atoms with Gasteiger partial charge in [0.15, 0.2) is 0 Å². The molecule has 0 aliphatic carbocycles. The second kappa shape index (κ2) is 6.21. The number of hydrogen-bond donors (Lipinski definition) is 0. The molecule has 18 heavy (non-hydrogen) atoms. The summed E-state index contributed by atoms with van der Waals surface area (Å²) in [5.41, 5.74) is 2.26. The van der Waals surface area contributed by atoms with Crippen molar-refractivity contribution in [3.05, 3.63) is 64.1 Å². The molecular formula is C15H12Br2O. The van der Waals surface area contributed by atoms with Crippen LogP contribution in [0.4, 0.5) is 0 Å². The van der Waals surface area contributed by atoms with E-state index in [0.717, 1.165) is 25.8 Å². The Morgan fingerprint density at radius 3 is 2.33 bits per heavy atom. The fourth-order valence-electron chi connectivity index (χ4n) is 1.56. The zero-order valence-corrected chi connectivity index (χ0v) is 13.0. The van der Waals surface area contributed by atoms with Crippen LogP contribution in [0.3, 0.4) is 0 Å². The Labute approximate surface area is 124 Å². The van der Waals surface area contributed by atoms with Crippen LogP contribution in [-0.4, -0.2) is 7.11 Å². The quantitative estimate of drug-likeness (QED) is 0.664. The highest BCUT2D eigenvalue weighted by Crippen LogP contribution is 2.28. The molecule has 0 atom stereocenters. The SMILES string of the molecule is COc1ccc(/C(Br)=C/c2ccccc2Br)cc1. The van der Waals surface area contributed by atoms with E-state index < -0.39 is 0 Å². The highest BCUT2D eigenvalue weighted by atomic mass is 79.9. The fourth-order valence-corrected chi connectivity index (χ4v) is 2.47. The summed E-state index contributed by atoms with van der Waals surface area (Å²) in [6, 6.07) is 16.1. The van der Waals surface area contributed by atoms with Crippen molar-refractivity contribution >= 4 is 42.4 Å². The van der Waals surface area contributed by atoms with Crippen molar-refractivity contribution in [1.82, 2.24) is 0 Å². The molecule has 2 rings (SSSR count). The number of rotatable bonds is 3. The summed E-state index contributed by atoms with van der Waals surface area (Å²) >= 11 is 7.14. The first kappa shape index (κ1) is 13.4. The second-order valence-corrected chi connectivity index (χ2v) is 5.45. The Hall–Kier alpha value is -1.06. The second-order valence-electron chi connectivity index (χ2n) is 3.74. The van der Waals surface area contributed by atoms with E-state index in [4.69, 9.17) is 4.74 Å². The summed E-state index contributed by atoms with van der Waals surface area (Å²) in [4.78, 5) is 0. The molecule has 0 aliphatic rings. The number of hydrogen-bond acceptors (Lipinski definition) is 1. The molecule has 1 nitrogen and oxygen atoms in total. The van der Waals surface area contributed by atoms with Crippen LogP contribution in [0, 0.1) is 0 Å². The average molecular weight is 368 g/mol. The molecule has 0 saturated carbocycles. The minimum atomic E-state index is 0.861. The van der Waals surface area contributed by atoms with Gasteiger partial charge in [-0.05, 0) is 35.4 Å². The van der Waals surface area contributed by atoms with E-state index in [1.165, 1.54) is 0 Å². The van der Waals surface area contributed by atoms with E-state index in [1.54, 1.807) is 7.11 Å². The molecule has 92 valence electrons. The monoisotopic (exact) mass is 366 g/mol. The number of halogens is 2. The average Bonchev–Trinajstić information content (AvgIpc) is 2.41. The summed E-state index contributed by atoms with van der Waals surface area (Å²) in [5, 5.41) is 0. The van der Waals surface area contributed by atoms with Crippen LogP contribution < -0.4 is 4.74 Å². The molecule has 0 bridgehead atoms. The van der Waals surface area contributed by atoms with Crippen molar-refractivity contribution in [3.8, 4) is 5.75 Å². The van der Waals surface area contributed by atoms with Crippen LogP contribution in [0.25, 0.3) is 10.6 Å². The standard InChI is InChI=1S/C15H12Br2O/c1-18-13-8-6-11(7-9-13)15(17)10-12-4-2-3-5-14(12)16/h2-10H,1H3/b15-10-. The smallest absolute Gasteiger partial charge is 0.118 e. The lowest BCUT2D eigenvalue weighted by Crippen LogP contribution is -1.83.